The lowest BCUT2D eigenvalue weighted by molar-refractivity contribution is -0.132. The van der Waals surface area contributed by atoms with Crippen molar-refractivity contribution in [2.75, 3.05) is 32.8 Å². The molecular weight excluding hydrogens is 420 g/mol. The van der Waals surface area contributed by atoms with Crippen molar-refractivity contribution in [1.29, 1.82) is 0 Å². The lowest BCUT2D eigenvalue weighted by Gasteiger charge is -2.36. The SMILES string of the molecule is O=C1NC(c2ccccc2)(c2ccccc2)C(=O)N1CN1CCN(Cc2cccs2)CC1. The zero-order valence-electron chi connectivity index (χ0n) is 17.8. The highest BCUT2D eigenvalue weighted by molar-refractivity contribution is 7.09. The number of hydrogen-bond acceptors (Lipinski definition) is 5. The van der Waals surface area contributed by atoms with Crippen LogP contribution < -0.4 is 5.32 Å². The molecule has 0 spiro atoms. The zero-order chi connectivity index (χ0) is 22.0. The summed E-state index contributed by atoms with van der Waals surface area (Å²) in [5.74, 6) is -0.221. The molecule has 1 N–H and O–H groups in total. The summed E-state index contributed by atoms with van der Waals surface area (Å²) in [6.45, 7) is 4.75. The third kappa shape index (κ3) is 3.83. The van der Waals surface area contributed by atoms with E-state index in [-0.39, 0.29) is 11.9 Å². The Hall–Kier alpha value is -3.00. The summed E-state index contributed by atoms with van der Waals surface area (Å²) in [5.41, 5.74) is 0.348. The molecule has 0 unspecified atom stereocenters. The molecule has 0 atom stereocenters. The van der Waals surface area contributed by atoms with Crippen LogP contribution in [0, 0.1) is 0 Å². The first kappa shape index (κ1) is 20.9. The lowest BCUT2D eigenvalue weighted by atomic mass is 9.83. The number of piperazine rings is 1. The fraction of sp³-hybridized carbons (Fsp3) is 0.280. The minimum atomic E-state index is -1.19. The van der Waals surface area contributed by atoms with Crippen molar-refractivity contribution in [3.63, 3.8) is 0 Å². The minimum absolute atomic E-state index is 0.221. The second-order valence-corrected chi connectivity index (χ2v) is 9.29. The molecule has 6 nitrogen and oxygen atoms in total. The maximum atomic E-state index is 13.8. The molecule has 5 rings (SSSR count). The number of urea groups is 1. The number of hydrogen-bond donors (Lipinski definition) is 1. The Morgan fingerprint density at radius 2 is 1.38 bits per heavy atom. The first-order valence-corrected chi connectivity index (χ1v) is 11.8. The van der Waals surface area contributed by atoms with Crippen LogP contribution in [0.3, 0.4) is 0 Å². The molecule has 1 aromatic heterocycles. The molecule has 0 radical (unpaired) electrons. The van der Waals surface area contributed by atoms with Crippen LogP contribution in [-0.2, 0) is 16.9 Å². The van der Waals surface area contributed by atoms with E-state index in [1.807, 2.05) is 60.7 Å². The molecule has 3 aromatic rings. The van der Waals surface area contributed by atoms with Gasteiger partial charge in [0, 0.05) is 37.6 Å². The summed E-state index contributed by atoms with van der Waals surface area (Å²) in [6, 6.07) is 22.9. The number of rotatable bonds is 6. The van der Waals surface area contributed by atoms with Crippen molar-refractivity contribution < 1.29 is 9.59 Å². The number of nitrogens with one attached hydrogen (secondary N) is 1. The second kappa shape index (κ2) is 8.86. The van der Waals surface area contributed by atoms with Crippen molar-refractivity contribution in [2.24, 2.45) is 0 Å². The number of carbonyl (C=O) groups is 2. The summed E-state index contributed by atoms with van der Waals surface area (Å²) in [7, 11) is 0. The highest BCUT2D eigenvalue weighted by Crippen LogP contribution is 2.36. The molecule has 164 valence electrons. The minimum Gasteiger partial charge on any atom is -0.315 e. The van der Waals surface area contributed by atoms with Gasteiger partial charge in [-0.25, -0.2) is 9.69 Å². The Balaban J connectivity index is 1.33. The molecule has 2 aliphatic heterocycles. The van der Waals surface area contributed by atoms with Gasteiger partial charge in [-0.15, -0.1) is 11.3 Å². The number of amides is 3. The zero-order valence-corrected chi connectivity index (χ0v) is 18.6. The molecule has 3 heterocycles. The molecule has 3 amide bonds. The van der Waals surface area contributed by atoms with E-state index in [1.165, 1.54) is 9.78 Å². The van der Waals surface area contributed by atoms with Crippen LogP contribution in [0.5, 0.6) is 0 Å². The summed E-state index contributed by atoms with van der Waals surface area (Å²) in [4.78, 5) is 34.2. The average molecular weight is 447 g/mol. The number of thiophene rings is 1. The summed E-state index contributed by atoms with van der Waals surface area (Å²) in [5, 5.41) is 5.14. The van der Waals surface area contributed by atoms with Crippen molar-refractivity contribution >= 4 is 23.3 Å². The van der Waals surface area contributed by atoms with E-state index in [4.69, 9.17) is 0 Å². The first-order chi connectivity index (χ1) is 15.7. The number of imide groups is 1. The first-order valence-electron chi connectivity index (χ1n) is 10.9. The molecule has 32 heavy (non-hydrogen) atoms. The van der Waals surface area contributed by atoms with Crippen LogP contribution in [0.25, 0.3) is 0 Å². The van der Waals surface area contributed by atoms with Crippen molar-refractivity contribution in [2.45, 2.75) is 12.1 Å². The Morgan fingerprint density at radius 3 is 1.94 bits per heavy atom. The predicted molar refractivity (Wildman–Crippen MR) is 125 cm³/mol. The highest BCUT2D eigenvalue weighted by atomic mass is 32.1. The van der Waals surface area contributed by atoms with Gasteiger partial charge in [0.25, 0.3) is 5.91 Å². The van der Waals surface area contributed by atoms with Crippen molar-refractivity contribution in [3.8, 4) is 0 Å². The molecule has 0 aliphatic carbocycles. The van der Waals surface area contributed by atoms with Crippen LogP contribution >= 0.6 is 11.3 Å². The summed E-state index contributed by atoms with van der Waals surface area (Å²) >= 11 is 1.78. The maximum Gasteiger partial charge on any atom is 0.326 e. The fourth-order valence-corrected chi connectivity index (χ4v) is 5.30. The maximum absolute atomic E-state index is 13.8. The van der Waals surface area contributed by atoms with Gasteiger partial charge < -0.3 is 5.32 Å². The number of benzene rings is 2. The van der Waals surface area contributed by atoms with Gasteiger partial charge in [-0.1, -0.05) is 66.7 Å². The highest BCUT2D eigenvalue weighted by Gasteiger charge is 2.53. The van der Waals surface area contributed by atoms with Gasteiger partial charge in [0.15, 0.2) is 5.54 Å². The van der Waals surface area contributed by atoms with Gasteiger partial charge in [-0.3, -0.25) is 14.6 Å². The molecule has 0 saturated carbocycles. The molecule has 7 heteroatoms. The van der Waals surface area contributed by atoms with Crippen LogP contribution in [-0.4, -0.2) is 59.5 Å². The van der Waals surface area contributed by atoms with Crippen molar-refractivity contribution in [3.05, 3.63) is 94.2 Å². The van der Waals surface area contributed by atoms with Crippen LogP contribution in [0.1, 0.15) is 16.0 Å². The third-order valence-corrected chi connectivity index (χ3v) is 7.15. The third-order valence-electron chi connectivity index (χ3n) is 6.29. The van der Waals surface area contributed by atoms with Crippen LogP contribution in [0.15, 0.2) is 78.2 Å². The smallest absolute Gasteiger partial charge is 0.315 e. The van der Waals surface area contributed by atoms with E-state index in [1.54, 1.807) is 11.3 Å². The van der Waals surface area contributed by atoms with Gasteiger partial charge in [-0.05, 0) is 22.6 Å². The average Bonchev–Trinajstić information content (AvgIpc) is 3.44. The van der Waals surface area contributed by atoms with Gasteiger partial charge in [0.2, 0.25) is 0 Å². The van der Waals surface area contributed by atoms with Gasteiger partial charge >= 0.3 is 6.03 Å². The monoisotopic (exact) mass is 446 g/mol. The Morgan fingerprint density at radius 1 is 0.781 bits per heavy atom. The molecule has 2 aliphatic rings. The Bertz CT molecular complexity index is 1020. The van der Waals surface area contributed by atoms with E-state index in [9.17, 15) is 9.59 Å². The largest absolute Gasteiger partial charge is 0.326 e. The summed E-state index contributed by atoms with van der Waals surface area (Å²) < 4.78 is 0. The normalized spacial score (nSPS) is 19.3. The Kier molecular flexibility index (Phi) is 5.78. The van der Waals surface area contributed by atoms with E-state index >= 15 is 0 Å². The van der Waals surface area contributed by atoms with Crippen LogP contribution in [0.4, 0.5) is 4.79 Å². The molecule has 2 saturated heterocycles. The topological polar surface area (TPSA) is 55.9 Å². The standard InChI is InChI=1S/C25H26N4O2S/c30-23-25(20-8-3-1-4-9-20,21-10-5-2-6-11-21)26-24(31)29(23)19-28-15-13-27(14-16-28)18-22-12-7-17-32-22/h1-12,17H,13-16,18-19H2,(H,26,31). The number of carbonyl (C=O) groups excluding carboxylic acids is 2. The fourth-order valence-electron chi connectivity index (χ4n) is 4.55. The predicted octanol–water partition coefficient (Wildman–Crippen LogP) is 3.32. The van der Waals surface area contributed by atoms with Crippen LogP contribution in [0.2, 0.25) is 0 Å². The Labute approximate surface area is 192 Å². The number of nitrogens with zero attached hydrogens (tertiary/aromatic N) is 3. The molecule has 2 aromatic carbocycles. The summed E-state index contributed by atoms with van der Waals surface area (Å²) in [6.07, 6.45) is 0. The van der Waals surface area contributed by atoms with E-state index in [0.717, 1.165) is 43.9 Å². The molecule has 2 fully saturated rings. The lowest BCUT2D eigenvalue weighted by Crippen LogP contribution is -2.51. The van der Waals surface area contributed by atoms with Crippen molar-refractivity contribution in [1.82, 2.24) is 20.0 Å². The van der Waals surface area contributed by atoms with E-state index in [0.29, 0.717) is 6.67 Å². The second-order valence-electron chi connectivity index (χ2n) is 8.26. The molecular formula is C25H26N4O2S. The van der Waals surface area contributed by atoms with E-state index in [2.05, 4.69) is 32.6 Å². The van der Waals surface area contributed by atoms with Gasteiger partial charge in [-0.2, -0.15) is 0 Å². The van der Waals surface area contributed by atoms with Gasteiger partial charge in [0.1, 0.15) is 0 Å². The van der Waals surface area contributed by atoms with E-state index < -0.39 is 5.54 Å². The quantitative estimate of drug-likeness (QED) is 0.591. The van der Waals surface area contributed by atoms with Gasteiger partial charge in [0.05, 0.1) is 6.67 Å². The molecule has 0 bridgehead atoms.